The van der Waals surface area contributed by atoms with Gasteiger partial charge in [0.1, 0.15) is 5.82 Å². The predicted molar refractivity (Wildman–Crippen MR) is 93.2 cm³/mol. The minimum atomic E-state index is -0.221. The molecule has 1 fully saturated rings. The van der Waals surface area contributed by atoms with Gasteiger partial charge in [0.25, 0.3) is 0 Å². The first-order valence-electron chi connectivity index (χ1n) is 7.85. The third-order valence-corrected chi connectivity index (χ3v) is 5.57. The molecular formula is C18H15Cl2FN2O. The second-order valence-corrected chi connectivity index (χ2v) is 7.07. The van der Waals surface area contributed by atoms with Gasteiger partial charge < -0.3 is 10.2 Å². The van der Waals surface area contributed by atoms with E-state index in [1.165, 1.54) is 6.07 Å². The summed E-state index contributed by atoms with van der Waals surface area (Å²) in [5.41, 5.74) is 2.68. The maximum Gasteiger partial charge on any atom is 0.322 e. The van der Waals surface area contributed by atoms with Crippen LogP contribution in [0.2, 0.25) is 10.0 Å². The first-order valence-corrected chi connectivity index (χ1v) is 8.61. The highest BCUT2D eigenvalue weighted by Gasteiger charge is 2.42. The van der Waals surface area contributed by atoms with E-state index in [0.717, 1.165) is 24.0 Å². The maximum atomic E-state index is 13.5. The Balaban J connectivity index is 1.59. The molecule has 0 spiro atoms. The van der Waals surface area contributed by atoms with Gasteiger partial charge >= 0.3 is 6.03 Å². The Kier molecular flexibility index (Phi) is 3.89. The van der Waals surface area contributed by atoms with Crippen molar-refractivity contribution in [3.8, 4) is 0 Å². The molecule has 6 heteroatoms. The average Bonchev–Trinajstić information content (AvgIpc) is 2.86. The van der Waals surface area contributed by atoms with Crippen LogP contribution in [0.15, 0.2) is 36.4 Å². The first-order chi connectivity index (χ1) is 11.5. The highest BCUT2D eigenvalue weighted by Crippen LogP contribution is 2.44. The van der Waals surface area contributed by atoms with E-state index in [-0.39, 0.29) is 23.9 Å². The molecule has 24 heavy (non-hydrogen) atoms. The number of fused-ring (bicyclic) bond motifs is 4. The van der Waals surface area contributed by atoms with E-state index in [1.54, 1.807) is 30.3 Å². The van der Waals surface area contributed by atoms with Crippen molar-refractivity contribution < 1.29 is 9.18 Å². The van der Waals surface area contributed by atoms with E-state index in [2.05, 4.69) is 5.32 Å². The fourth-order valence-corrected chi connectivity index (χ4v) is 4.09. The molecule has 1 saturated heterocycles. The SMILES string of the molecule is O=C(Nc1ccc(Cl)c(Cl)c1)N1[C@H]2CC[C@@H]1c1ccc(F)cc1C2. The lowest BCUT2D eigenvalue weighted by atomic mass is 9.93. The van der Waals surface area contributed by atoms with Gasteiger partial charge in [-0.1, -0.05) is 29.3 Å². The molecule has 0 radical (unpaired) electrons. The number of nitrogens with zero attached hydrogens (tertiary/aromatic N) is 1. The molecular weight excluding hydrogens is 350 g/mol. The number of hydrogen-bond acceptors (Lipinski definition) is 1. The molecule has 2 amide bonds. The summed E-state index contributed by atoms with van der Waals surface area (Å²) in [6, 6.07) is 9.82. The molecule has 124 valence electrons. The van der Waals surface area contributed by atoms with Gasteiger partial charge in [-0.05, 0) is 60.7 Å². The maximum absolute atomic E-state index is 13.5. The van der Waals surface area contributed by atoms with Crippen LogP contribution in [-0.2, 0) is 6.42 Å². The Hall–Kier alpha value is -1.78. The number of benzene rings is 2. The minimum absolute atomic E-state index is 0.00196. The monoisotopic (exact) mass is 364 g/mol. The van der Waals surface area contributed by atoms with Crippen molar-refractivity contribution >= 4 is 34.9 Å². The number of nitrogens with one attached hydrogen (secondary N) is 1. The smallest absolute Gasteiger partial charge is 0.314 e. The van der Waals surface area contributed by atoms with Crippen molar-refractivity contribution in [1.29, 1.82) is 0 Å². The molecule has 4 rings (SSSR count). The van der Waals surface area contributed by atoms with Gasteiger partial charge in [-0.25, -0.2) is 9.18 Å². The fraction of sp³-hybridized carbons (Fsp3) is 0.278. The molecule has 2 heterocycles. The number of urea groups is 1. The number of rotatable bonds is 1. The lowest BCUT2D eigenvalue weighted by Gasteiger charge is -2.36. The van der Waals surface area contributed by atoms with E-state index in [0.29, 0.717) is 22.2 Å². The van der Waals surface area contributed by atoms with Crippen molar-refractivity contribution in [2.75, 3.05) is 5.32 Å². The summed E-state index contributed by atoms with van der Waals surface area (Å²) in [5, 5.41) is 3.74. The van der Waals surface area contributed by atoms with E-state index < -0.39 is 0 Å². The van der Waals surface area contributed by atoms with Gasteiger partial charge in [0.05, 0.1) is 16.1 Å². The highest BCUT2D eigenvalue weighted by molar-refractivity contribution is 6.42. The largest absolute Gasteiger partial charge is 0.322 e. The number of carbonyl (C=O) groups is 1. The molecule has 3 nitrogen and oxygen atoms in total. The quantitative estimate of drug-likeness (QED) is 0.719. The number of anilines is 1. The van der Waals surface area contributed by atoms with Crippen LogP contribution in [0.25, 0.3) is 0 Å². The standard InChI is InChI=1S/C18H15Cl2FN2O/c19-15-5-2-12(9-16(15)20)22-18(24)23-13-3-6-17(23)14-4-1-11(21)7-10(14)8-13/h1-2,4-5,7,9,13,17H,3,6,8H2,(H,22,24)/t13-,17+/m0/s1. The molecule has 2 aromatic rings. The van der Waals surface area contributed by atoms with Crippen LogP contribution in [-0.4, -0.2) is 17.0 Å². The lowest BCUT2D eigenvalue weighted by molar-refractivity contribution is 0.179. The number of amides is 2. The van der Waals surface area contributed by atoms with E-state index >= 15 is 0 Å². The summed E-state index contributed by atoms with van der Waals surface area (Å²) in [6.07, 6.45) is 2.52. The van der Waals surface area contributed by atoms with Crippen LogP contribution in [0.4, 0.5) is 14.9 Å². The van der Waals surface area contributed by atoms with Crippen LogP contribution < -0.4 is 5.32 Å². The van der Waals surface area contributed by atoms with E-state index in [4.69, 9.17) is 23.2 Å². The molecule has 0 unspecified atom stereocenters. The van der Waals surface area contributed by atoms with E-state index in [9.17, 15) is 9.18 Å². The van der Waals surface area contributed by atoms with Gasteiger partial charge in [0, 0.05) is 11.7 Å². The van der Waals surface area contributed by atoms with Gasteiger partial charge in [-0.15, -0.1) is 0 Å². The molecule has 2 aromatic carbocycles. The van der Waals surface area contributed by atoms with Gasteiger partial charge in [-0.3, -0.25) is 0 Å². The third-order valence-electron chi connectivity index (χ3n) is 4.83. The Morgan fingerprint density at radius 3 is 2.75 bits per heavy atom. The van der Waals surface area contributed by atoms with Crippen LogP contribution in [0.1, 0.15) is 30.0 Å². The fourth-order valence-electron chi connectivity index (χ4n) is 3.79. The van der Waals surface area contributed by atoms with Gasteiger partial charge in [0.2, 0.25) is 0 Å². The molecule has 2 aliphatic heterocycles. The third kappa shape index (κ3) is 2.64. The number of halogens is 3. The highest BCUT2D eigenvalue weighted by atomic mass is 35.5. The Morgan fingerprint density at radius 2 is 1.96 bits per heavy atom. The number of hydrogen-bond donors (Lipinski definition) is 1. The average molecular weight is 365 g/mol. The Morgan fingerprint density at radius 1 is 1.12 bits per heavy atom. The summed E-state index contributed by atoms with van der Waals surface area (Å²) >= 11 is 11.9. The van der Waals surface area contributed by atoms with Crippen LogP contribution >= 0.6 is 23.2 Å². The molecule has 0 aromatic heterocycles. The topological polar surface area (TPSA) is 32.3 Å². The van der Waals surface area contributed by atoms with Gasteiger partial charge in [-0.2, -0.15) is 0 Å². The lowest BCUT2D eigenvalue weighted by Crippen LogP contribution is -2.44. The normalized spacial score (nSPS) is 21.5. The van der Waals surface area contributed by atoms with Crippen molar-refractivity contribution in [1.82, 2.24) is 4.90 Å². The van der Waals surface area contributed by atoms with Crippen LogP contribution in [0.5, 0.6) is 0 Å². The summed E-state index contributed by atoms with van der Waals surface area (Å²) in [5.74, 6) is -0.221. The Labute approximate surface area is 149 Å². The zero-order valence-corrected chi connectivity index (χ0v) is 14.2. The second kappa shape index (κ2) is 5.94. The molecule has 2 aliphatic rings. The summed E-state index contributed by atoms with van der Waals surface area (Å²) < 4.78 is 13.5. The zero-order valence-electron chi connectivity index (χ0n) is 12.7. The van der Waals surface area contributed by atoms with Crippen molar-refractivity contribution in [3.05, 3.63) is 63.4 Å². The minimum Gasteiger partial charge on any atom is -0.314 e. The predicted octanol–water partition coefficient (Wildman–Crippen LogP) is 5.43. The summed E-state index contributed by atoms with van der Waals surface area (Å²) in [7, 11) is 0. The van der Waals surface area contributed by atoms with E-state index in [1.807, 2.05) is 4.90 Å². The molecule has 1 N–H and O–H groups in total. The van der Waals surface area contributed by atoms with Gasteiger partial charge in [0.15, 0.2) is 0 Å². The van der Waals surface area contributed by atoms with Crippen molar-refractivity contribution in [2.24, 2.45) is 0 Å². The van der Waals surface area contributed by atoms with Crippen molar-refractivity contribution in [2.45, 2.75) is 31.3 Å². The first kappa shape index (κ1) is 15.7. The Bertz CT molecular complexity index is 827. The summed E-state index contributed by atoms with van der Waals surface area (Å²) in [4.78, 5) is 14.6. The molecule has 0 aliphatic carbocycles. The van der Waals surface area contributed by atoms with Crippen LogP contribution in [0, 0.1) is 5.82 Å². The summed E-state index contributed by atoms with van der Waals surface area (Å²) in [6.45, 7) is 0. The molecule has 2 bridgehead atoms. The van der Waals surface area contributed by atoms with Crippen LogP contribution in [0.3, 0.4) is 0 Å². The zero-order chi connectivity index (χ0) is 16.8. The number of carbonyl (C=O) groups excluding carboxylic acids is 1. The van der Waals surface area contributed by atoms with Crippen molar-refractivity contribution in [3.63, 3.8) is 0 Å². The molecule has 2 atom stereocenters. The molecule has 0 saturated carbocycles. The second-order valence-electron chi connectivity index (χ2n) is 6.26.